The monoisotopic (exact) mass is 300 g/mol. The molecule has 1 aromatic carbocycles. The fraction of sp³-hybridized carbons (Fsp3) is 0. The molecular formula is C14H8N2S3. The van der Waals surface area contributed by atoms with Gasteiger partial charge in [-0.05, 0) is 44.8 Å². The topological polar surface area (TPSA) is 25.8 Å². The van der Waals surface area contributed by atoms with E-state index in [1.165, 1.54) is 34.0 Å². The van der Waals surface area contributed by atoms with Crippen LogP contribution in [0.2, 0.25) is 0 Å². The van der Waals surface area contributed by atoms with Gasteiger partial charge in [-0.25, -0.2) is 0 Å². The van der Waals surface area contributed by atoms with Gasteiger partial charge >= 0.3 is 0 Å². The van der Waals surface area contributed by atoms with Gasteiger partial charge in [0.25, 0.3) is 0 Å². The molecule has 0 aliphatic carbocycles. The summed E-state index contributed by atoms with van der Waals surface area (Å²) in [5, 5.41) is 8.48. The first-order valence-electron chi connectivity index (χ1n) is 5.74. The molecular weight excluding hydrogens is 292 g/mol. The van der Waals surface area contributed by atoms with Crippen molar-refractivity contribution < 1.29 is 0 Å². The Morgan fingerprint density at radius 1 is 0.684 bits per heavy atom. The van der Waals surface area contributed by atoms with Gasteiger partial charge in [0.2, 0.25) is 0 Å². The third kappa shape index (κ3) is 1.82. The van der Waals surface area contributed by atoms with E-state index >= 15 is 0 Å². The van der Waals surface area contributed by atoms with Crippen molar-refractivity contribution in [3.05, 3.63) is 45.8 Å². The van der Waals surface area contributed by atoms with Crippen LogP contribution in [0.15, 0.2) is 45.8 Å². The van der Waals surface area contributed by atoms with Crippen molar-refractivity contribution in [3.63, 3.8) is 0 Å². The summed E-state index contributed by atoms with van der Waals surface area (Å²) in [6.07, 6.45) is 0. The standard InChI is InChI=1S/C14H8N2S3/c1-2-12(10-4-6-18-8-10)14-13(15-19-16-14)11(1)9-3-5-17-7-9/h1-8H. The lowest BCUT2D eigenvalue weighted by molar-refractivity contribution is 1.62. The summed E-state index contributed by atoms with van der Waals surface area (Å²) in [6, 6.07) is 8.56. The van der Waals surface area contributed by atoms with Crippen LogP contribution in [0.5, 0.6) is 0 Å². The maximum Gasteiger partial charge on any atom is 0.113 e. The van der Waals surface area contributed by atoms with Gasteiger partial charge in [0, 0.05) is 11.1 Å². The zero-order valence-electron chi connectivity index (χ0n) is 9.74. The molecule has 0 saturated carbocycles. The van der Waals surface area contributed by atoms with Crippen LogP contribution in [0, 0.1) is 0 Å². The zero-order chi connectivity index (χ0) is 12.7. The van der Waals surface area contributed by atoms with Gasteiger partial charge < -0.3 is 0 Å². The smallest absolute Gasteiger partial charge is 0.113 e. The number of aromatic nitrogens is 2. The lowest BCUT2D eigenvalue weighted by Crippen LogP contribution is -1.82. The average molecular weight is 300 g/mol. The fourth-order valence-electron chi connectivity index (χ4n) is 2.17. The number of rotatable bonds is 2. The maximum atomic E-state index is 4.48. The summed E-state index contributed by atoms with van der Waals surface area (Å²) in [6.45, 7) is 0. The summed E-state index contributed by atoms with van der Waals surface area (Å²) < 4.78 is 8.97. The van der Waals surface area contributed by atoms with E-state index in [0.717, 1.165) is 11.0 Å². The molecule has 4 aromatic rings. The molecule has 0 aliphatic heterocycles. The average Bonchev–Trinajstić information content (AvgIpc) is 3.19. The van der Waals surface area contributed by atoms with Crippen molar-refractivity contribution >= 4 is 45.4 Å². The molecule has 0 fully saturated rings. The lowest BCUT2D eigenvalue weighted by Gasteiger charge is -2.03. The molecule has 0 amide bonds. The Kier molecular flexibility index (Phi) is 2.69. The summed E-state index contributed by atoms with van der Waals surface area (Å²) in [5.74, 6) is 0. The van der Waals surface area contributed by atoms with E-state index in [4.69, 9.17) is 0 Å². The van der Waals surface area contributed by atoms with E-state index < -0.39 is 0 Å². The van der Waals surface area contributed by atoms with Crippen molar-refractivity contribution in [2.45, 2.75) is 0 Å². The van der Waals surface area contributed by atoms with Crippen LogP contribution in [0.3, 0.4) is 0 Å². The van der Waals surface area contributed by atoms with E-state index in [1.807, 2.05) is 0 Å². The Morgan fingerprint density at radius 3 is 1.63 bits per heavy atom. The van der Waals surface area contributed by atoms with Crippen LogP contribution >= 0.6 is 34.4 Å². The molecule has 19 heavy (non-hydrogen) atoms. The number of thiophene rings is 2. The number of fused-ring (bicyclic) bond motifs is 1. The predicted molar refractivity (Wildman–Crippen MR) is 84.0 cm³/mol. The number of nitrogens with zero attached hydrogens (tertiary/aromatic N) is 2. The Balaban J connectivity index is 2.01. The molecule has 0 saturated heterocycles. The Bertz CT molecular complexity index is 746. The van der Waals surface area contributed by atoms with Crippen molar-refractivity contribution in [2.24, 2.45) is 0 Å². The van der Waals surface area contributed by atoms with Crippen LogP contribution < -0.4 is 0 Å². The number of hydrogen-bond acceptors (Lipinski definition) is 5. The Morgan fingerprint density at radius 2 is 1.21 bits per heavy atom. The van der Waals surface area contributed by atoms with Crippen molar-refractivity contribution in [2.75, 3.05) is 0 Å². The molecule has 4 rings (SSSR count). The van der Waals surface area contributed by atoms with Gasteiger partial charge in [-0.15, -0.1) is 0 Å². The molecule has 0 aliphatic rings. The highest BCUT2D eigenvalue weighted by Crippen LogP contribution is 2.35. The van der Waals surface area contributed by atoms with Gasteiger partial charge in [-0.1, -0.05) is 12.1 Å². The molecule has 3 aromatic heterocycles. The molecule has 2 nitrogen and oxygen atoms in total. The third-order valence-corrected chi connectivity index (χ3v) is 4.97. The minimum absolute atomic E-state index is 1.01. The maximum absolute atomic E-state index is 4.48. The highest BCUT2D eigenvalue weighted by molar-refractivity contribution is 7.08. The first kappa shape index (κ1) is 11.3. The van der Waals surface area contributed by atoms with Crippen molar-refractivity contribution in [1.29, 1.82) is 0 Å². The minimum Gasteiger partial charge on any atom is -0.172 e. The number of benzene rings is 1. The zero-order valence-corrected chi connectivity index (χ0v) is 12.2. The van der Waals surface area contributed by atoms with E-state index in [2.05, 4.69) is 54.5 Å². The van der Waals surface area contributed by atoms with Gasteiger partial charge in [-0.2, -0.15) is 31.4 Å². The fourth-order valence-corrected chi connectivity index (χ4v) is 4.05. The first-order valence-corrected chi connectivity index (χ1v) is 8.35. The summed E-state index contributed by atoms with van der Waals surface area (Å²) in [7, 11) is 0. The van der Waals surface area contributed by atoms with Gasteiger partial charge in [0.15, 0.2) is 0 Å². The SMILES string of the molecule is c1cc(-c2ccc(-c3ccsc3)c3nsnc23)cs1. The molecule has 0 radical (unpaired) electrons. The number of hydrogen-bond donors (Lipinski definition) is 0. The van der Waals surface area contributed by atoms with Crippen LogP contribution in [0.25, 0.3) is 33.3 Å². The van der Waals surface area contributed by atoms with Crippen molar-refractivity contribution in [1.82, 2.24) is 8.75 Å². The second kappa shape index (κ2) is 4.52. The molecule has 5 heteroatoms. The van der Waals surface area contributed by atoms with Gasteiger partial charge in [-0.3, -0.25) is 0 Å². The molecule has 0 N–H and O–H groups in total. The van der Waals surface area contributed by atoms with Crippen molar-refractivity contribution in [3.8, 4) is 22.3 Å². The largest absolute Gasteiger partial charge is 0.172 e. The summed E-state index contributed by atoms with van der Waals surface area (Å²) in [5.41, 5.74) is 6.80. The molecule has 92 valence electrons. The van der Waals surface area contributed by atoms with Crippen LogP contribution in [-0.2, 0) is 0 Å². The highest BCUT2D eigenvalue weighted by Gasteiger charge is 2.13. The second-order valence-corrected chi connectivity index (χ2v) is 6.23. The third-order valence-electron chi connectivity index (χ3n) is 3.08. The molecule has 0 bridgehead atoms. The van der Waals surface area contributed by atoms with E-state index in [0.29, 0.717) is 0 Å². The van der Waals surface area contributed by atoms with E-state index in [1.54, 1.807) is 22.7 Å². The quantitative estimate of drug-likeness (QED) is 0.512. The summed E-state index contributed by atoms with van der Waals surface area (Å²) >= 11 is 4.69. The second-order valence-electron chi connectivity index (χ2n) is 4.15. The van der Waals surface area contributed by atoms with Crippen LogP contribution in [-0.4, -0.2) is 8.75 Å². The first-order chi connectivity index (χ1) is 9.43. The lowest BCUT2D eigenvalue weighted by atomic mass is 10.0. The molecule has 0 atom stereocenters. The Hall–Kier alpha value is -1.56. The van der Waals surface area contributed by atoms with E-state index in [9.17, 15) is 0 Å². The Labute approximate surface area is 122 Å². The molecule has 0 unspecified atom stereocenters. The van der Waals surface area contributed by atoms with Crippen LogP contribution in [0.1, 0.15) is 0 Å². The normalized spacial score (nSPS) is 11.2. The molecule has 0 spiro atoms. The van der Waals surface area contributed by atoms with Gasteiger partial charge in [0.1, 0.15) is 11.0 Å². The van der Waals surface area contributed by atoms with Gasteiger partial charge in [0.05, 0.1) is 11.7 Å². The molecule has 3 heterocycles. The summed E-state index contributed by atoms with van der Waals surface area (Å²) in [4.78, 5) is 0. The minimum atomic E-state index is 1.01. The highest BCUT2D eigenvalue weighted by atomic mass is 32.1. The van der Waals surface area contributed by atoms with Crippen LogP contribution in [0.4, 0.5) is 0 Å². The predicted octanol–water partition coefficient (Wildman–Crippen LogP) is 5.15. The van der Waals surface area contributed by atoms with E-state index in [-0.39, 0.29) is 0 Å².